The number of carbonyl (C=O) groups is 1. The molecular formula is C18H23FN4O3. The molecule has 0 saturated carbocycles. The van der Waals surface area contributed by atoms with Gasteiger partial charge in [-0.15, -0.1) is 0 Å². The molecule has 0 bridgehead atoms. The van der Waals surface area contributed by atoms with E-state index >= 15 is 0 Å². The molecule has 3 rings (SSSR count). The Balaban J connectivity index is 1.69. The summed E-state index contributed by atoms with van der Waals surface area (Å²) >= 11 is 0. The highest BCUT2D eigenvalue weighted by Gasteiger charge is 2.17. The third-order valence-corrected chi connectivity index (χ3v) is 4.47. The van der Waals surface area contributed by atoms with Gasteiger partial charge in [0.1, 0.15) is 5.82 Å². The van der Waals surface area contributed by atoms with Gasteiger partial charge < -0.3 is 10.1 Å². The number of ether oxygens (including phenoxy) is 1. The van der Waals surface area contributed by atoms with Gasteiger partial charge in [-0.25, -0.2) is 4.39 Å². The summed E-state index contributed by atoms with van der Waals surface area (Å²) in [5.41, 5.74) is -0.228. The van der Waals surface area contributed by atoms with Crippen molar-refractivity contribution in [1.29, 1.82) is 0 Å². The third-order valence-electron chi connectivity index (χ3n) is 4.47. The van der Waals surface area contributed by atoms with Gasteiger partial charge in [0.25, 0.3) is 5.91 Å². The van der Waals surface area contributed by atoms with Crippen molar-refractivity contribution in [1.82, 2.24) is 20.0 Å². The first-order valence-corrected chi connectivity index (χ1v) is 8.89. The minimum Gasteiger partial charge on any atom is -0.379 e. The average Bonchev–Trinajstić information content (AvgIpc) is 2.66. The summed E-state index contributed by atoms with van der Waals surface area (Å²) < 4.78 is 20.4. The van der Waals surface area contributed by atoms with Crippen LogP contribution in [0.1, 0.15) is 23.8 Å². The molecule has 1 fully saturated rings. The lowest BCUT2D eigenvalue weighted by atomic mass is 10.2. The highest BCUT2D eigenvalue weighted by atomic mass is 19.1. The fourth-order valence-corrected chi connectivity index (χ4v) is 3.07. The molecular weight excluding hydrogens is 339 g/mol. The monoisotopic (exact) mass is 362 g/mol. The van der Waals surface area contributed by atoms with Crippen molar-refractivity contribution in [3.05, 3.63) is 39.9 Å². The molecule has 2 aromatic rings. The number of rotatable bonds is 6. The molecule has 1 amide bonds. The lowest BCUT2D eigenvalue weighted by Crippen LogP contribution is -2.38. The van der Waals surface area contributed by atoms with Crippen molar-refractivity contribution in [2.75, 3.05) is 39.4 Å². The van der Waals surface area contributed by atoms with Crippen molar-refractivity contribution in [3.8, 4) is 0 Å². The number of aromatic nitrogens is 2. The van der Waals surface area contributed by atoms with Crippen molar-refractivity contribution >= 4 is 16.8 Å². The first-order valence-electron chi connectivity index (χ1n) is 8.89. The van der Waals surface area contributed by atoms with E-state index in [0.717, 1.165) is 45.3 Å². The Morgan fingerprint density at radius 2 is 2.12 bits per heavy atom. The number of nitrogens with zero attached hydrogens (tertiary/aromatic N) is 3. The van der Waals surface area contributed by atoms with E-state index in [1.54, 1.807) is 4.68 Å². The summed E-state index contributed by atoms with van der Waals surface area (Å²) in [7, 11) is 0. The van der Waals surface area contributed by atoms with Crippen LogP contribution in [0.3, 0.4) is 0 Å². The molecule has 140 valence electrons. The molecule has 1 saturated heterocycles. The maximum absolute atomic E-state index is 13.5. The predicted molar refractivity (Wildman–Crippen MR) is 95.8 cm³/mol. The third kappa shape index (κ3) is 4.08. The molecule has 1 N–H and O–H groups in total. The fraction of sp³-hybridized carbons (Fsp3) is 0.500. The van der Waals surface area contributed by atoms with Crippen LogP contribution in [0.4, 0.5) is 4.39 Å². The molecule has 0 atom stereocenters. The number of carbonyl (C=O) groups excluding carboxylic acids is 1. The van der Waals surface area contributed by atoms with E-state index in [9.17, 15) is 14.0 Å². The molecule has 0 spiro atoms. The van der Waals surface area contributed by atoms with E-state index in [1.165, 1.54) is 12.1 Å². The Hall–Kier alpha value is -2.32. The zero-order valence-corrected chi connectivity index (χ0v) is 14.8. The number of hydrogen-bond acceptors (Lipinski definition) is 5. The highest BCUT2D eigenvalue weighted by molar-refractivity contribution is 5.95. The van der Waals surface area contributed by atoms with Gasteiger partial charge >= 0.3 is 0 Å². The quantitative estimate of drug-likeness (QED) is 0.776. The summed E-state index contributed by atoms with van der Waals surface area (Å²) in [5, 5.41) is 7.07. The second-order valence-electron chi connectivity index (χ2n) is 6.22. The van der Waals surface area contributed by atoms with Crippen molar-refractivity contribution < 1.29 is 13.9 Å². The molecule has 26 heavy (non-hydrogen) atoms. The van der Waals surface area contributed by atoms with Crippen molar-refractivity contribution in [2.45, 2.75) is 19.9 Å². The Labute approximate surface area is 150 Å². The minimum absolute atomic E-state index is 0.167. The van der Waals surface area contributed by atoms with Gasteiger partial charge in [0.2, 0.25) is 5.43 Å². The van der Waals surface area contributed by atoms with Crippen LogP contribution in [0, 0.1) is 5.82 Å². The standard InChI is InChI=1S/C18H23FN4O3/c1-2-23-15-5-4-13(19)12-14(15)17(24)16(21-23)18(25)20-6-3-7-22-8-10-26-11-9-22/h4-5,12H,2-3,6-11H2,1H3,(H,20,25). The first-order chi connectivity index (χ1) is 12.6. The lowest BCUT2D eigenvalue weighted by Gasteiger charge is -2.26. The van der Waals surface area contributed by atoms with Crippen LogP contribution in [-0.4, -0.2) is 60.0 Å². The van der Waals surface area contributed by atoms with E-state index in [0.29, 0.717) is 18.6 Å². The molecule has 7 nitrogen and oxygen atoms in total. The van der Waals surface area contributed by atoms with Gasteiger partial charge in [0, 0.05) is 26.2 Å². The number of aryl methyl sites for hydroxylation is 1. The number of morpholine rings is 1. The molecule has 1 aromatic carbocycles. The normalized spacial score (nSPS) is 15.3. The zero-order chi connectivity index (χ0) is 18.5. The molecule has 0 radical (unpaired) electrons. The molecule has 1 aromatic heterocycles. The van der Waals surface area contributed by atoms with Gasteiger partial charge in [0.15, 0.2) is 5.69 Å². The van der Waals surface area contributed by atoms with Crippen LogP contribution in [-0.2, 0) is 11.3 Å². The van der Waals surface area contributed by atoms with Gasteiger partial charge in [0.05, 0.1) is 24.1 Å². The summed E-state index contributed by atoms with van der Waals surface area (Å²) in [4.78, 5) is 27.2. The van der Waals surface area contributed by atoms with E-state index < -0.39 is 17.2 Å². The van der Waals surface area contributed by atoms with Crippen LogP contribution in [0.15, 0.2) is 23.0 Å². The van der Waals surface area contributed by atoms with Crippen LogP contribution < -0.4 is 10.7 Å². The molecule has 8 heteroatoms. The lowest BCUT2D eigenvalue weighted by molar-refractivity contribution is 0.0374. The van der Waals surface area contributed by atoms with Crippen molar-refractivity contribution in [2.24, 2.45) is 0 Å². The average molecular weight is 362 g/mol. The van der Waals surface area contributed by atoms with Crippen molar-refractivity contribution in [3.63, 3.8) is 0 Å². The second-order valence-corrected chi connectivity index (χ2v) is 6.22. The Kier molecular flexibility index (Phi) is 5.95. The maximum Gasteiger partial charge on any atom is 0.275 e. The van der Waals surface area contributed by atoms with Gasteiger partial charge in [-0.2, -0.15) is 5.10 Å². The summed E-state index contributed by atoms with van der Waals surface area (Å²) in [6, 6.07) is 3.94. The number of amides is 1. The van der Waals surface area contributed by atoms with Crippen LogP contribution >= 0.6 is 0 Å². The van der Waals surface area contributed by atoms with E-state index in [2.05, 4.69) is 15.3 Å². The molecule has 1 aliphatic rings. The predicted octanol–water partition coefficient (Wildman–Crippen LogP) is 1.01. The molecule has 1 aliphatic heterocycles. The summed E-state index contributed by atoms with van der Waals surface area (Å²) in [6.45, 7) is 6.90. The number of nitrogens with one attached hydrogen (secondary N) is 1. The minimum atomic E-state index is -0.546. The van der Waals surface area contributed by atoms with E-state index in [1.807, 2.05) is 6.92 Å². The molecule has 0 unspecified atom stereocenters. The SMILES string of the molecule is CCn1nc(C(=O)NCCCN2CCOCC2)c(=O)c2cc(F)ccc21. The zero-order valence-electron chi connectivity index (χ0n) is 14.8. The fourth-order valence-electron chi connectivity index (χ4n) is 3.07. The first kappa shape index (κ1) is 18.5. The van der Waals surface area contributed by atoms with Crippen LogP contribution in [0.25, 0.3) is 10.9 Å². The van der Waals surface area contributed by atoms with Gasteiger partial charge in [-0.3, -0.25) is 19.2 Å². The van der Waals surface area contributed by atoms with Gasteiger partial charge in [-0.1, -0.05) is 0 Å². The van der Waals surface area contributed by atoms with Gasteiger partial charge in [-0.05, 0) is 38.1 Å². The second kappa shape index (κ2) is 8.37. The topological polar surface area (TPSA) is 76.5 Å². The molecule has 0 aliphatic carbocycles. The Bertz CT molecular complexity index is 846. The number of halogens is 1. The van der Waals surface area contributed by atoms with E-state index in [4.69, 9.17) is 4.74 Å². The van der Waals surface area contributed by atoms with Crippen LogP contribution in [0.2, 0.25) is 0 Å². The Morgan fingerprint density at radius 3 is 2.85 bits per heavy atom. The summed E-state index contributed by atoms with van der Waals surface area (Å²) in [5.74, 6) is -1.04. The number of fused-ring (bicyclic) bond motifs is 1. The maximum atomic E-state index is 13.5. The number of hydrogen-bond donors (Lipinski definition) is 1. The largest absolute Gasteiger partial charge is 0.379 e. The van der Waals surface area contributed by atoms with Crippen LogP contribution in [0.5, 0.6) is 0 Å². The Morgan fingerprint density at radius 1 is 1.35 bits per heavy atom. The van der Waals surface area contributed by atoms with E-state index in [-0.39, 0.29) is 11.1 Å². The highest BCUT2D eigenvalue weighted by Crippen LogP contribution is 2.12. The smallest absolute Gasteiger partial charge is 0.275 e. The number of benzene rings is 1. The summed E-state index contributed by atoms with van der Waals surface area (Å²) in [6.07, 6.45) is 0.774. The molecule has 2 heterocycles.